The molecule has 1 heterocycles. The molecule has 1 aliphatic heterocycles. The number of halogens is 1. The maximum atomic E-state index is 9.89. The molecule has 3 aromatic rings. The quantitative estimate of drug-likeness (QED) is 0.501. The molecule has 0 aliphatic carbocycles. The van der Waals surface area contributed by atoms with Crippen molar-refractivity contribution in [2.75, 3.05) is 37.7 Å². The van der Waals surface area contributed by atoms with E-state index in [2.05, 4.69) is 28.9 Å². The summed E-state index contributed by atoms with van der Waals surface area (Å²) >= 11 is 6.17. The molecule has 0 saturated carbocycles. The predicted octanol–water partition coefficient (Wildman–Crippen LogP) is 5.08. The maximum Gasteiger partial charge on any atom is 0.120 e. The van der Waals surface area contributed by atoms with Gasteiger partial charge >= 0.3 is 0 Å². The summed E-state index contributed by atoms with van der Waals surface area (Å²) in [5, 5.41) is 28.7. The Morgan fingerprint density at radius 3 is 2.43 bits per heavy atom. The van der Waals surface area contributed by atoms with Crippen LogP contribution in [0.3, 0.4) is 0 Å². The van der Waals surface area contributed by atoms with E-state index in [9.17, 15) is 5.26 Å². The SMILES string of the molecule is C[C@H](c1ccc(C#N)cc1)N1CCN(c2ccc(OCCO)cc2C#N)C(c2ccc(Cl)cc2)C1. The van der Waals surface area contributed by atoms with Crippen LogP contribution in [0, 0.1) is 22.7 Å². The number of anilines is 1. The molecule has 4 rings (SSSR count). The van der Waals surface area contributed by atoms with Gasteiger partial charge in [0.2, 0.25) is 0 Å². The first kappa shape index (κ1) is 24.6. The molecule has 0 amide bonds. The second-order valence-electron chi connectivity index (χ2n) is 8.53. The van der Waals surface area contributed by atoms with Crippen LogP contribution < -0.4 is 9.64 Å². The van der Waals surface area contributed by atoms with Crippen LogP contribution in [0.1, 0.15) is 41.3 Å². The number of nitriles is 2. The fourth-order valence-electron chi connectivity index (χ4n) is 4.57. The van der Waals surface area contributed by atoms with E-state index in [4.69, 9.17) is 26.7 Å². The molecule has 35 heavy (non-hydrogen) atoms. The Labute approximate surface area is 211 Å². The highest BCUT2D eigenvalue weighted by atomic mass is 35.5. The second-order valence-corrected chi connectivity index (χ2v) is 8.96. The Hall–Kier alpha value is -3.55. The van der Waals surface area contributed by atoms with E-state index in [1.165, 1.54) is 0 Å². The number of hydrogen-bond donors (Lipinski definition) is 1. The van der Waals surface area contributed by atoms with Gasteiger partial charge in [0.1, 0.15) is 18.4 Å². The summed E-state index contributed by atoms with van der Waals surface area (Å²) in [5.41, 5.74) is 4.33. The fourth-order valence-corrected chi connectivity index (χ4v) is 4.70. The van der Waals surface area contributed by atoms with Crippen molar-refractivity contribution in [2.24, 2.45) is 0 Å². The zero-order chi connectivity index (χ0) is 24.8. The van der Waals surface area contributed by atoms with Gasteiger partial charge in [-0.2, -0.15) is 10.5 Å². The highest BCUT2D eigenvalue weighted by Crippen LogP contribution is 2.37. The molecule has 1 unspecified atom stereocenters. The smallest absolute Gasteiger partial charge is 0.120 e. The van der Waals surface area contributed by atoms with Gasteiger partial charge in [-0.3, -0.25) is 4.90 Å². The van der Waals surface area contributed by atoms with Crippen molar-refractivity contribution < 1.29 is 9.84 Å². The number of nitrogens with zero attached hydrogens (tertiary/aromatic N) is 4. The Morgan fingerprint density at radius 1 is 1.03 bits per heavy atom. The van der Waals surface area contributed by atoms with Gasteiger partial charge in [-0.15, -0.1) is 0 Å². The van der Waals surface area contributed by atoms with Crippen LogP contribution in [-0.2, 0) is 0 Å². The predicted molar refractivity (Wildman–Crippen MR) is 136 cm³/mol. The molecule has 0 radical (unpaired) electrons. The highest BCUT2D eigenvalue weighted by molar-refractivity contribution is 6.30. The molecule has 6 nitrogen and oxygen atoms in total. The topological polar surface area (TPSA) is 83.5 Å². The molecule has 7 heteroatoms. The molecule has 1 aliphatic rings. The van der Waals surface area contributed by atoms with E-state index in [1.54, 1.807) is 6.07 Å². The van der Waals surface area contributed by atoms with E-state index in [0.29, 0.717) is 21.9 Å². The van der Waals surface area contributed by atoms with Crippen LogP contribution in [0.4, 0.5) is 5.69 Å². The molecule has 178 valence electrons. The number of rotatable bonds is 7. The first-order valence-corrected chi connectivity index (χ1v) is 12.0. The summed E-state index contributed by atoms with van der Waals surface area (Å²) in [6.45, 7) is 4.60. The highest BCUT2D eigenvalue weighted by Gasteiger charge is 2.32. The minimum absolute atomic E-state index is 0.0122. The third-order valence-corrected chi connectivity index (χ3v) is 6.75. The lowest BCUT2D eigenvalue weighted by atomic mass is 9.97. The van der Waals surface area contributed by atoms with Crippen molar-refractivity contribution in [3.05, 3.63) is 94.0 Å². The Kier molecular flexibility index (Phi) is 7.90. The number of aliphatic hydroxyl groups is 1. The Bertz CT molecular complexity index is 1230. The van der Waals surface area contributed by atoms with Crippen molar-refractivity contribution in [2.45, 2.75) is 19.0 Å². The summed E-state index contributed by atoms with van der Waals surface area (Å²) in [6.07, 6.45) is 0. The van der Waals surface area contributed by atoms with Gasteiger partial charge in [-0.05, 0) is 60.5 Å². The van der Waals surface area contributed by atoms with Crippen LogP contribution in [0.25, 0.3) is 0 Å². The average molecular weight is 487 g/mol. The van der Waals surface area contributed by atoms with Crippen LogP contribution in [0.2, 0.25) is 5.02 Å². The lowest BCUT2D eigenvalue weighted by Gasteiger charge is -2.45. The van der Waals surface area contributed by atoms with Gasteiger partial charge in [0.15, 0.2) is 0 Å². The van der Waals surface area contributed by atoms with Crippen LogP contribution in [-0.4, -0.2) is 42.9 Å². The monoisotopic (exact) mass is 486 g/mol. The van der Waals surface area contributed by atoms with Crippen LogP contribution >= 0.6 is 11.6 Å². The molecular weight excluding hydrogens is 460 g/mol. The maximum absolute atomic E-state index is 9.89. The minimum atomic E-state index is -0.0817. The summed E-state index contributed by atoms with van der Waals surface area (Å²) in [4.78, 5) is 4.71. The molecule has 0 bridgehead atoms. The zero-order valence-corrected chi connectivity index (χ0v) is 20.3. The standard InChI is InChI=1S/C28H27ClN4O2/c1-20(22-4-2-21(17-30)3-5-22)32-12-13-33(28(19-32)23-6-8-25(29)9-7-23)27-11-10-26(35-15-14-34)16-24(27)18-31/h2-11,16,20,28,34H,12-15,19H2,1H3/t20-,28?/m1/s1. The van der Waals surface area contributed by atoms with Crippen LogP contribution in [0.15, 0.2) is 66.7 Å². The molecule has 3 aromatic carbocycles. The number of ether oxygens (including phenoxy) is 1. The number of aliphatic hydroxyl groups excluding tert-OH is 1. The van der Waals surface area contributed by atoms with Crippen LogP contribution in [0.5, 0.6) is 5.75 Å². The van der Waals surface area contributed by atoms with E-state index in [0.717, 1.165) is 36.4 Å². The number of hydrogen-bond acceptors (Lipinski definition) is 6. The molecular formula is C28H27ClN4O2. The number of piperazine rings is 1. The third-order valence-electron chi connectivity index (χ3n) is 6.49. The summed E-state index contributed by atoms with van der Waals surface area (Å²) in [7, 11) is 0. The molecule has 0 aromatic heterocycles. The van der Waals surface area contributed by atoms with Gasteiger partial charge in [0.25, 0.3) is 0 Å². The molecule has 0 spiro atoms. The summed E-state index contributed by atoms with van der Waals surface area (Å²) in [6, 6.07) is 25.8. The van der Waals surface area contributed by atoms with Crippen molar-refractivity contribution in [1.29, 1.82) is 10.5 Å². The van der Waals surface area contributed by atoms with Gasteiger partial charge in [-0.1, -0.05) is 35.9 Å². The van der Waals surface area contributed by atoms with Crippen molar-refractivity contribution in [3.63, 3.8) is 0 Å². The van der Waals surface area contributed by atoms with E-state index >= 15 is 0 Å². The normalized spacial score (nSPS) is 16.8. The largest absolute Gasteiger partial charge is 0.491 e. The van der Waals surface area contributed by atoms with Gasteiger partial charge < -0.3 is 14.7 Å². The molecule has 2 atom stereocenters. The lowest BCUT2D eigenvalue weighted by Crippen LogP contribution is -2.49. The third kappa shape index (κ3) is 5.58. The summed E-state index contributed by atoms with van der Waals surface area (Å²) in [5.74, 6) is 0.565. The van der Waals surface area contributed by atoms with Gasteiger partial charge in [0.05, 0.1) is 35.5 Å². The van der Waals surface area contributed by atoms with E-state index in [1.807, 2.05) is 60.7 Å². The Morgan fingerprint density at radius 2 is 1.77 bits per heavy atom. The van der Waals surface area contributed by atoms with Crippen molar-refractivity contribution >= 4 is 17.3 Å². The molecule has 1 N–H and O–H groups in total. The molecule has 1 fully saturated rings. The second kappa shape index (κ2) is 11.3. The average Bonchev–Trinajstić information content (AvgIpc) is 2.91. The summed E-state index contributed by atoms with van der Waals surface area (Å²) < 4.78 is 5.52. The lowest BCUT2D eigenvalue weighted by molar-refractivity contribution is 0.171. The zero-order valence-electron chi connectivity index (χ0n) is 19.6. The Balaban J connectivity index is 1.65. The first-order chi connectivity index (χ1) is 17.0. The van der Waals surface area contributed by atoms with E-state index in [-0.39, 0.29) is 25.3 Å². The minimum Gasteiger partial charge on any atom is -0.491 e. The fraction of sp³-hybridized carbons (Fsp3) is 0.286. The molecule has 1 saturated heterocycles. The van der Waals surface area contributed by atoms with Crippen molar-refractivity contribution in [1.82, 2.24) is 4.90 Å². The first-order valence-electron chi connectivity index (χ1n) is 11.6. The van der Waals surface area contributed by atoms with Gasteiger partial charge in [-0.25, -0.2) is 0 Å². The van der Waals surface area contributed by atoms with Crippen molar-refractivity contribution in [3.8, 4) is 17.9 Å². The van der Waals surface area contributed by atoms with Gasteiger partial charge in [0, 0.05) is 30.7 Å². The number of benzene rings is 3. The van der Waals surface area contributed by atoms with E-state index < -0.39 is 0 Å².